The summed E-state index contributed by atoms with van der Waals surface area (Å²) >= 11 is 3.48. The molecule has 0 spiro atoms. The second-order valence-corrected chi connectivity index (χ2v) is 9.35. The number of hydrogen-bond acceptors (Lipinski definition) is 3. The van der Waals surface area contributed by atoms with Crippen molar-refractivity contribution in [3.8, 4) is 5.75 Å². The van der Waals surface area contributed by atoms with Crippen LogP contribution in [0.3, 0.4) is 0 Å². The van der Waals surface area contributed by atoms with E-state index in [0.717, 1.165) is 46.8 Å². The van der Waals surface area contributed by atoms with Crippen LogP contribution in [0.1, 0.15) is 49.3 Å². The molecule has 0 heterocycles. The summed E-state index contributed by atoms with van der Waals surface area (Å²) in [6, 6.07) is 13.3. The number of amides is 2. The molecule has 2 amide bonds. The van der Waals surface area contributed by atoms with Crippen LogP contribution in [0.2, 0.25) is 0 Å². The van der Waals surface area contributed by atoms with Gasteiger partial charge in [0.2, 0.25) is 5.91 Å². The van der Waals surface area contributed by atoms with Crippen LogP contribution in [0.15, 0.2) is 46.9 Å². The number of nitrogens with zero attached hydrogens (tertiary/aromatic N) is 1. The minimum absolute atomic E-state index is 0.110. The second-order valence-electron chi connectivity index (χ2n) is 8.43. The number of carbonyl (C=O) groups is 2. The van der Waals surface area contributed by atoms with E-state index in [4.69, 9.17) is 4.74 Å². The van der Waals surface area contributed by atoms with Gasteiger partial charge >= 0.3 is 0 Å². The summed E-state index contributed by atoms with van der Waals surface area (Å²) < 4.78 is 6.74. The van der Waals surface area contributed by atoms with Crippen molar-refractivity contribution in [1.82, 2.24) is 10.2 Å². The van der Waals surface area contributed by atoms with Gasteiger partial charge in [-0.05, 0) is 74.6 Å². The maximum Gasteiger partial charge on any atom is 0.261 e. The van der Waals surface area contributed by atoms with Crippen molar-refractivity contribution >= 4 is 27.7 Å². The zero-order chi connectivity index (χ0) is 22.4. The first-order valence-corrected chi connectivity index (χ1v) is 11.7. The average Bonchev–Trinajstić information content (AvgIpc) is 3.22. The van der Waals surface area contributed by atoms with Gasteiger partial charge in [0.15, 0.2) is 6.61 Å². The number of aryl methyl sites for hydroxylation is 2. The Morgan fingerprint density at radius 1 is 1.13 bits per heavy atom. The lowest BCUT2D eigenvalue weighted by molar-refractivity contribution is -0.142. The highest BCUT2D eigenvalue weighted by molar-refractivity contribution is 9.10. The van der Waals surface area contributed by atoms with Crippen molar-refractivity contribution in [2.75, 3.05) is 6.61 Å². The normalized spacial score (nSPS) is 14.8. The van der Waals surface area contributed by atoms with Crippen molar-refractivity contribution in [3.63, 3.8) is 0 Å². The van der Waals surface area contributed by atoms with E-state index in [1.165, 1.54) is 0 Å². The summed E-state index contributed by atoms with van der Waals surface area (Å²) in [6.45, 7) is 6.01. The van der Waals surface area contributed by atoms with Crippen LogP contribution < -0.4 is 10.1 Å². The average molecular weight is 487 g/mol. The fraction of sp³-hybridized carbons (Fsp3) is 0.440. The minimum atomic E-state index is -0.588. The van der Waals surface area contributed by atoms with Crippen LogP contribution >= 0.6 is 15.9 Å². The van der Waals surface area contributed by atoms with Crippen LogP contribution in [0.25, 0.3) is 0 Å². The van der Waals surface area contributed by atoms with E-state index >= 15 is 0 Å². The number of nitrogens with one attached hydrogen (secondary N) is 1. The van der Waals surface area contributed by atoms with Crippen molar-refractivity contribution in [2.45, 2.75) is 65.1 Å². The van der Waals surface area contributed by atoms with Crippen molar-refractivity contribution in [1.29, 1.82) is 0 Å². The first-order chi connectivity index (χ1) is 14.8. The van der Waals surface area contributed by atoms with E-state index < -0.39 is 6.04 Å². The highest BCUT2D eigenvalue weighted by atomic mass is 79.9. The molecule has 0 radical (unpaired) electrons. The molecule has 1 aliphatic carbocycles. The van der Waals surface area contributed by atoms with E-state index in [9.17, 15) is 9.59 Å². The molecule has 1 saturated carbocycles. The molecule has 31 heavy (non-hydrogen) atoms. The molecule has 1 unspecified atom stereocenters. The Hall–Kier alpha value is -2.34. The van der Waals surface area contributed by atoms with Crippen LogP contribution in [-0.4, -0.2) is 35.4 Å². The second kappa shape index (κ2) is 10.8. The number of benzene rings is 2. The van der Waals surface area contributed by atoms with Crippen LogP contribution in [0.5, 0.6) is 5.75 Å². The summed E-state index contributed by atoms with van der Waals surface area (Å²) in [4.78, 5) is 27.7. The Labute approximate surface area is 193 Å². The van der Waals surface area contributed by atoms with Gasteiger partial charge in [-0.1, -0.05) is 47.0 Å². The summed E-state index contributed by atoms with van der Waals surface area (Å²) in [6.07, 6.45) is 4.30. The zero-order valence-electron chi connectivity index (χ0n) is 18.5. The molecule has 6 heteroatoms. The van der Waals surface area contributed by atoms with Gasteiger partial charge in [-0.2, -0.15) is 0 Å². The van der Waals surface area contributed by atoms with Crippen LogP contribution in [0.4, 0.5) is 0 Å². The molecule has 3 rings (SSSR count). The van der Waals surface area contributed by atoms with Gasteiger partial charge in [0.05, 0.1) is 0 Å². The molecule has 0 saturated heterocycles. The molecule has 1 N–H and O–H groups in total. The highest BCUT2D eigenvalue weighted by Gasteiger charge is 2.28. The molecule has 5 nitrogen and oxygen atoms in total. The predicted octanol–water partition coefficient (Wildman–Crippen LogP) is 4.92. The molecular weight excluding hydrogens is 456 g/mol. The van der Waals surface area contributed by atoms with Crippen LogP contribution in [0, 0.1) is 13.8 Å². The van der Waals surface area contributed by atoms with Gasteiger partial charge in [-0.25, -0.2) is 0 Å². The van der Waals surface area contributed by atoms with E-state index in [2.05, 4.69) is 27.3 Å². The minimum Gasteiger partial charge on any atom is -0.484 e. The Balaban J connectivity index is 1.73. The van der Waals surface area contributed by atoms with Gasteiger partial charge in [0.1, 0.15) is 11.8 Å². The highest BCUT2D eigenvalue weighted by Crippen LogP contribution is 2.20. The topological polar surface area (TPSA) is 58.6 Å². The maximum absolute atomic E-state index is 13.2. The van der Waals surface area contributed by atoms with Crippen LogP contribution in [-0.2, 0) is 16.1 Å². The zero-order valence-corrected chi connectivity index (χ0v) is 20.1. The Bertz CT molecular complexity index is 904. The van der Waals surface area contributed by atoms with E-state index in [1.54, 1.807) is 11.8 Å². The molecule has 2 aromatic rings. The predicted molar refractivity (Wildman–Crippen MR) is 126 cm³/mol. The summed E-state index contributed by atoms with van der Waals surface area (Å²) in [5, 5.41) is 3.12. The number of ether oxygens (including phenoxy) is 1. The molecule has 1 fully saturated rings. The number of halogens is 1. The lowest BCUT2D eigenvalue weighted by Crippen LogP contribution is -2.50. The molecule has 0 bridgehead atoms. The quantitative estimate of drug-likeness (QED) is 0.575. The largest absolute Gasteiger partial charge is 0.484 e. The van der Waals surface area contributed by atoms with Gasteiger partial charge < -0.3 is 15.0 Å². The van der Waals surface area contributed by atoms with Gasteiger partial charge in [0.25, 0.3) is 5.91 Å². The van der Waals surface area contributed by atoms with E-state index in [1.807, 2.05) is 50.2 Å². The standard InChI is InChI=1S/C25H31BrN2O3/c1-17-11-18(2)13-23(12-17)31-16-24(29)28(15-20-7-6-8-21(26)14-20)19(3)25(30)27-22-9-4-5-10-22/h6-8,11-14,19,22H,4-5,9-10,15-16H2,1-3H3,(H,27,30). The number of hydrogen-bond donors (Lipinski definition) is 1. The fourth-order valence-electron chi connectivity index (χ4n) is 4.05. The summed E-state index contributed by atoms with van der Waals surface area (Å²) in [7, 11) is 0. The van der Waals surface area contributed by atoms with Gasteiger partial charge in [0, 0.05) is 17.1 Å². The SMILES string of the molecule is Cc1cc(C)cc(OCC(=O)N(Cc2cccc(Br)c2)C(C)C(=O)NC2CCCC2)c1. The molecule has 1 atom stereocenters. The molecular formula is C25H31BrN2O3. The molecule has 0 aromatic heterocycles. The molecule has 0 aliphatic heterocycles. The number of carbonyl (C=O) groups excluding carboxylic acids is 2. The molecule has 1 aliphatic rings. The Morgan fingerprint density at radius 3 is 2.45 bits per heavy atom. The molecule has 166 valence electrons. The first-order valence-electron chi connectivity index (χ1n) is 10.9. The fourth-order valence-corrected chi connectivity index (χ4v) is 4.50. The van der Waals surface area contributed by atoms with Crippen molar-refractivity contribution in [3.05, 3.63) is 63.6 Å². The number of rotatable bonds is 8. The first kappa shape index (κ1) is 23.3. The summed E-state index contributed by atoms with van der Waals surface area (Å²) in [5.41, 5.74) is 3.12. The lowest BCUT2D eigenvalue weighted by Gasteiger charge is -2.29. The molecule has 2 aromatic carbocycles. The Kier molecular flexibility index (Phi) is 8.13. The van der Waals surface area contributed by atoms with Crippen molar-refractivity contribution in [2.24, 2.45) is 0 Å². The maximum atomic E-state index is 13.2. The Morgan fingerprint density at radius 2 is 1.81 bits per heavy atom. The van der Waals surface area contributed by atoms with Gasteiger partial charge in [-0.3, -0.25) is 9.59 Å². The monoisotopic (exact) mass is 486 g/mol. The van der Waals surface area contributed by atoms with Crippen molar-refractivity contribution < 1.29 is 14.3 Å². The summed E-state index contributed by atoms with van der Waals surface area (Å²) in [5.74, 6) is 0.339. The smallest absolute Gasteiger partial charge is 0.261 e. The third-order valence-electron chi connectivity index (χ3n) is 5.67. The van der Waals surface area contributed by atoms with E-state index in [0.29, 0.717) is 12.3 Å². The lowest BCUT2D eigenvalue weighted by atomic mass is 10.1. The van der Waals surface area contributed by atoms with Gasteiger partial charge in [-0.15, -0.1) is 0 Å². The van der Waals surface area contributed by atoms with E-state index in [-0.39, 0.29) is 24.5 Å². The third-order valence-corrected chi connectivity index (χ3v) is 6.16. The third kappa shape index (κ3) is 6.82.